The summed E-state index contributed by atoms with van der Waals surface area (Å²) in [6, 6.07) is 1.44. The Morgan fingerprint density at radius 2 is 2.10 bits per heavy atom. The Hall–Kier alpha value is -2.56. The molecule has 2 aromatic rings. The van der Waals surface area contributed by atoms with Gasteiger partial charge in [-0.1, -0.05) is 11.8 Å². The minimum Gasteiger partial charge on any atom is -0.383 e. The van der Waals surface area contributed by atoms with Gasteiger partial charge in [-0.05, 0) is 0 Å². The molecule has 0 fully saturated rings. The number of hydrogen-bond donors (Lipinski definition) is 3. The van der Waals surface area contributed by atoms with Crippen molar-refractivity contribution in [3.8, 4) is 0 Å². The number of amides is 1. The lowest BCUT2D eigenvalue weighted by Crippen LogP contribution is -2.53. The van der Waals surface area contributed by atoms with Crippen LogP contribution in [0.4, 0.5) is 17.5 Å². The molecule has 0 radical (unpaired) electrons. The highest BCUT2D eigenvalue weighted by molar-refractivity contribution is 7.99. The molecule has 0 spiro atoms. The minimum absolute atomic E-state index is 0.0888. The lowest BCUT2D eigenvalue weighted by molar-refractivity contribution is -0.753. The average Bonchev–Trinajstić information content (AvgIpc) is 2.84. The van der Waals surface area contributed by atoms with E-state index in [-0.39, 0.29) is 29.2 Å². The second-order valence-electron chi connectivity index (χ2n) is 4.17. The van der Waals surface area contributed by atoms with Crippen LogP contribution in [0.5, 0.6) is 0 Å². The van der Waals surface area contributed by atoms with Crippen molar-refractivity contribution in [2.45, 2.75) is 5.16 Å². The zero-order valence-corrected chi connectivity index (χ0v) is 12.3. The number of aromatic nitrogens is 4. The van der Waals surface area contributed by atoms with E-state index in [0.717, 1.165) is 11.8 Å². The van der Waals surface area contributed by atoms with E-state index in [4.69, 9.17) is 16.0 Å². The number of thioether (sulfide) groups is 1. The summed E-state index contributed by atoms with van der Waals surface area (Å²) in [5, 5.41) is 8.28. The molecule has 0 aliphatic rings. The van der Waals surface area contributed by atoms with Crippen LogP contribution in [0.1, 0.15) is 0 Å². The van der Waals surface area contributed by atoms with Crippen molar-refractivity contribution in [1.29, 1.82) is 0 Å². The van der Waals surface area contributed by atoms with E-state index in [2.05, 4.69) is 20.6 Å². The Bertz CT molecular complexity index is 623. The molecule has 112 valence electrons. The van der Waals surface area contributed by atoms with Gasteiger partial charge in [-0.2, -0.15) is 5.01 Å². The summed E-state index contributed by atoms with van der Waals surface area (Å²) in [6.45, 7) is 0. The van der Waals surface area contributed by atoms with Crippen LogP contribution >= 0.6 is 11.8 Å². The van der Waals surface area contributed by atoms with Gasteiger partial charge in [-0.15, -0.1) is 0 Å². The van der Waals surface area contributed by atoms with Crippen LogP contribution in [0.15, 0.2) is 21.9 Å². The van der Waals surface area contributed by atoms with Crippen molar-refractivity contribution >= 4 is 35.2 Å². The number of rotatable bonds is 5. The molecule has 0 aliphatic heterocycles. The highest BCUT2D eigenvalue weighted by Gasteiger charge is 2.16. The van der Waals surface area contributed by atoms with Gasteiger partial charge in [0.2, 0.25) is 11.2 Å². The van der Waals surface area contributed by atoms with E-state index in [1.807, 2.05) is 0 Å². The molecule has 2 heterocycles. The van der Waals surface area contributed by atoms with Crippen molar-refractivity contribution < 1.29 is 14.1 Å². The van der Waals surface area contributed by atoms with Crippen molar-refractivity contribution in [2.24, 2.45) is 0 Å². The first-order chi connectivity index (χ1) is 9.94. The number of nitrogens with one attached hydrogen (secondary N) is 1. The molecule has 0 saturated heterocycles. The number of nitrogen functional groups attached to an aromatic ring is 2. The van der Waals surface area contributed by atoms with Gasteiger partial charge in [-0.25, -0.2) is 9.97 Å². The smallest absolute Gasteiger partial charge is 0.305 e. The van der Waals surface area contributed by atoms with E-state index in [9.17, 15) is 4.79 Å². The number of nitrogens with zero attached hydrogens (tertiary/aromatic N) is 5. The van der Waals surface area contributed by atoms with E-state index < -0.39 is 0 Å². The first-order valence-electron chi connectivity index (χ1n) is 5.83. The predicted molar refractivity (Wildman–Crippen MR) is 77.0 cm³/mol. The zero-order chi connectivity index (χ0) is 15.4. The number of anilines is 3. The predicted octanol–water partition coefficient (Wildman–Crippen LogP) is -1.16. The molecule has 0 unspecified atom stereocenters. The van der Waals surface area contributed by atoms with Crippen LogP contribution in [0.25, 0.3) is 0 Å². The second-order valence-corrected chi connectivity index (χ2v) is 5.11. The van der Waals surface area contributed by atoms with Gasteiger partial charge in [-0.3, -0.25) is 14.6 Å². The normalized spacial score (nSPS) is 10.4. The highest BCUT2D eigenvalue weighted by atomic mass is 32.2. The maximum Gasteiger partial charge on any atom is 0.305 e. The van der Waals surface area contributed by atoms with E-state index >= 15 is 0 Å². The summed E-state index contributed by atoms with van der Waals surface area (Å²) in [6.07, 6.45) is 1.54. The second kappa shape index (κ2) is 6.26. The van der Waals surface area contributed by atoms with Gasteiger partial charge in [0.15, 0.2) is 5.16 Å². The molecule has 0 saturated carbocycles. The van der Waals surface area contributed by atoms with Crippen LogP contribution in [-0.4, -0.2) is 41.0 Å². The van der Waals surface area contributed by atoms with Crippen LogP contribution in [0.2, 0.25) is 0 Å². The summed E-state index contributed by atoms with van der Waals surface area (Å²) < 4.78 is 4.95. The largest absolute Gasteiger partial charge is 0.383 e. The average molecular weight is 311 g/mol. The molecule has 2 rings (SSSR count). The van der Waals surface area contributed by atoms with Crippen LogP contribution < -0.4 is 26.6 Å². The third-order valence-corrected chi connectivity index (χ3v) is 3.05. The Morgan fingerprint density at radius 3 is 2.67 bits per heavy atom. The Labute approximate surface area is 124 Å². The number of nitrogens with two attached hydrogens (primary N) is 2. The molecule has 21 heavy (non-hydrogen) atoms. The van der Waals surface area contributed by atoms with Gasteiger partial charge in [0.05, 0.1) is 24.6 Å². The maximum absolute atomic E-state index is 11.8. The van der Waals surface area contributed by atoms with Gasteiger partial charge in [0.1, 0.15) is 11.6 Å². The number of carbonyl (C=O) groups is 1. The monoisotopic (exact) mass is 311 g/mol. The Morgan fingerprint density at radius 1 is 1.43 bits per heavy atom. The lowest BCUT2D eigenvalue weighted by atomic mass is 10.5. The quantitative estimate of drug-likeness (QED) is 0.354. The maximum atomic E-state index is 11.8. The standard InChI is InChI=1S/C10H14N8O2S/c1-17(2)18-4-9(20-16-18)15-8(19)5-21-10-13-6(11)3-7(12)14-10/h3-4H,5H2,1-2H3,(H4-,11,12,13,14,15,16,19)/p+1. The van der Waals surface area contributed by atoms with Crippen molar-refractivity contribution in [1.82, 2.24) is 15.2 Å². The summed E-state index contributed by atoms with van der Waals surface area (Å²) in [5.74, 6) is 0.556. The van der Waals surface area contributed by atoms with Gasteiger partial charge < -0.3 is 11.5 Å². The molecule has 1 amide bonds. The molecule has 2 aromatic heterocycles. The van der Waals surface area contributed by atoms with Crippen LogP contribution in [-0.2, 0) is 4.79 Å². The van der Waals surface area contributed by atoms with Crippen molar-refractivity contribution in [3.63, 3.8) is 0 Å². The molecule has 0 atom stereocenters. The van der Waals surface area contributed by atoms with Gasteiger partial charge in [0, 0.05) is 6.07 Å². The molecule has 0 aliphatic carbocycles. The fourth-order valence-corrected chi connectivity index (χ4v) is 1.98. The first-order valence-corrected chi connectivity index (χ1v) is 6.81. The van der Waals surface area contributed by atoms with Gasteiger partial charge in [0.25, 0.3) is 6.20 Å². The first kappa shape index (κ1) is 14.8. The van der Waals surface area contributed by atoms with Crippen molar-refractivity contribution in [3.05, 3.63) is 12.3 Å². The number of hydrogen-bond acceptors (Lipinski definition) is 9. The topological polar surface area (TPSA) is 140 Å². The Kier molecular flexibility index (Phi) is 4.42. The summed E-state index contributed by atoms with van der Waals surface area (Å²) in [4.78, 5) is 21.1. The molecular formula is C10H15N8O2S+. The summed E-state index contributed by atoms with van der Waals surface area (Å²) >= 11 is 1.12. The SMILES string of the molecule is CN(C)[n+]1cc(NC(=O)CSc2nc(N)cc(N)n2)on1. The van der Waals surface area contributed by atoms with E-state index in [0.29, 0.717) is 5.16 Å². The minimum atomic E-state index is -0.286. The lowest BCUT2D eigenvalue weighted by Gasteiger charge is -2.02. The van der Waals surface area contributed by atoms with Crippen LogP contribution in [0, 0.1) is 0 Å². The van der Waals surface area contributed by atoms with Gasteiger partial charge >= 0.3 is 5.88 Å². The third kappa shape index (κ3) is 4.21. The van der Waals surface area contributed by atoms with Crippen LogP contribution in [0.3, 0.4) is 0 Å². The fraction of sp³-hybridized carbons (Fsp3) is 0.300. The van der Waals surface area contributed by atoms with E-state index in [1.54, 1.807) is 19.1 Å². The molecular weight excluding hydrogens is 296 g/mol. The van der Waals surface area contributed by atoms with E-state index in [1.165, 1.54) is 17.1 Å². The number of carbonyl (C=O) groups excluding carboxylic acids is 1. The highest BCUT2D eigenvalue weighted by Crippen LogP contribution is 2.16. The zero-order valence-electron chi connectivity index (χ0n) is 11.5. The molecule has 0 aromatic carbocycles. The Balaban J connectivity index is 1.89. The third-order valence-electron chi connectivity index (χ3n) is 2.21. The molecule has 0 bridgehead atoms. The summed E-state index contributed by atoms with van der Waals surface area (Å²) in [7, 11) is 3.57. The summed E-state index contributed by atoms with van der Waals surface area (Å²) in [5.41, 5.74) is 11.1. The fourth-order valence-electron chi connectivity index (χ4n) is 1.31. The molecule has 5 N–H and O–H groups in total. The molecule has 11 heteroatoms. The molecule has 10 nitrogen and oxygen atoms in total. The van der Waals surface area contributed by atoms with Crippen molar-refractivity contribution in [2.75, 3.05) is 41.6 Å².